The molecule has 2 aliphatic heterocycles. The third-order valence-corrected chi connectivity index (χ3v) is 7.01. The lowest BCUT2D eigenvalue weighted by molar-refractivity contribution is -0.0794. The smallest absolute Gasteiger partial charge is 0.256 e. The van der Waals surface area contributed by atoms with Gasteiger partial charge in [-0.15, -0.1) is 5.10 Å². The molecule has 0 bridgehead atoms. The number of imidazole rings is 1. The van der Waals surface area contributed by atoms with Crippen molar-refractivity contribution >= 4 is 22.5 Å². The van der Waals surface area contributed by atoms with Crippen LogP contribution in [0.3, 0.4) is 0 Å². The molecule has 4 aromatic rings. The number of anilines is 1. The Labute approximate surface area is 209 Å². The van der Waals surface area contributed by atoms with Gasteiger partial charge < -0.3 is 19.4 Å². The lowest BCUT2D eigenvalue weighted by Gasteiger charge is -2.42. The van der Waals surface area contributed by atoms with E-state index in [2.05, 4.69) is 25.3 Å². The molecular weight excluding hydrogens is 494 g/mol. The summed E-state index contributed by atoms with van der Waals surface area (Å²) in [5, 5.41) is 7.41. The first-order valence-electron chi connectivity index (χ1n) is 12.0. The Morgan fingerprint density at radius 3 is 2.81 bits per heavy atom. The second-order valence-electron chi connectivity index (χ2n) is 9.32. The quantitative estimate of drug-likeness (QED) is 0.375. The Morgan fingerprint density at radius 2 is 2.11 bits per heavy atom. The predicted octanol–water partition coefficient (Wildman–Crippen LogP) is 3.38. The van der Waals surface area contributed by atoms with Crippen LogP contribution >= 0.6 is 0 Å². The Balaban J connectivity index is 1.32. The number of nitrogens with one attached hydrogen (secondary N) is 1. The van der Waals surface area contributed by atoms with Gasteiger partial charge in [-0.3, -0.25) is 4.90 Å². The summed E-state index contributed by atoms with van der Waals surface area (Å²) in [6.45, 7) is 1.75. The molecule has 2 atom stereocenters. The number of nitrogens with zero attached hydrogens (tertiary/aromatic N) is 6. The maximum atomic E-state index is 15.3. The summed E-state index contributed by atoms with van der Waals surface area (Å²) in [5.74, 6) is -0.384. The maximum absolute atomic E-state index is 15.3. The minimum Gasteiger partial charge on any atom is -0.479 e. The molecule has 0 unspecified atom stereocenters. The molecular formula is C24H25F4N7O2. The van der Waals surface area contributed by atoms with Crippen LogP contribution < -0.4 is 10.1 Å². The first kappa shape index (κ1) is 23.9. The molecule has 5 heterocycles. The van der Waals surface area contributed by atoms with Gasteiger partial charge in [0.15, 0.2) is 5.82 Å². The number of fused-ring (bicyclic) bond motifs is 2. The average Bonchev–Trinajstić information content (AvgIpc) is 3.38. The number of alkyl halides is 3. The van der Waals surface area contributed by atoms with Gasteiger partial charge in [-0.1, -0.05) is 6.07 Å². The summed E-state index contributed by atoms with van der Waals surface area (Å²) in [4.78, 5) is 10.6. The van der Waals surface area contributed by atoms with Crippen molar-refractivity contribution in [3.05, 3.63) is 36.5 Å². The fraction of sp³-hybridized carbons (Fsp3) is 0.458. The van der Waals surface area contributed by atoms with Crippen molar-refractivity contribution in [1.82, 2.24) is 29.0 Å². The third-order valence-electron chi connectivity index (χ3n) is 7.01. The van der Waals surface area contributed by atoms with Gasteiger partial charge >= 0.3 is 0 Å². The minimum atomic E-state index is -2.56. The highest BCUT2D eigenvalue weighted by molar-refractivity contribution is 5.90. The van der Waals surface area contributed by atoms with Crippen LogP contribution in [0.2, 0.25) is 0 Å². The van der Waals surface area contributed by atoms with E-state index in [1.165, 1.54) is 28.7 Å². The Hall–Kier alpha value is -3.45. The number of halogens is 4. The topological polar surface area (TPSA) is 81.7 Å². The van der Waals surface area contributed by atoms with Crippen LogP contribution in [0.5, 0.6) is 5.88 Å². The van der Waals surface area contributed by atoms with Gasteiger partial charge in [0.1, 0.15) is 11.7 Å². The molecule has 9 nitrogen and oxygen atoms in total. The first-order chi connectivity index (χ1) is 17.9. The molecule has 3 aromatic heterocycles. The van der Waals surface area contributed by atoms with Crippen LogP contribution in [-0.4, -0.2) is 87.1 Å². The van der Waals surface area contributed by atoms with Gasteiger partial charge in [-0.25, -0.2) is 27.1 Å². The number of ether oxygens (including phenoxy) is 2. The number of rotatable bonds is 7. The van der Waals surface area contributed by atoms with Gasteiger partial charge in [0.25, 0.3) is 6.43 Å². The van der Waals surface area contributed by atoms with Crippen LogP contribution in [0.4, 0.5) is 23.5 Å². The van der Waals surface area contributed by atoms with E-state index in [0.717, 1.165) is 6.54 Å². The molecule has 1 aromatic carbocycles. The fourth-order valence-corrected chi connectivity index (χ4v) is 5.03. The van der Waals surface area contributed by atoms with E-state index < -0.39 is 31.0 Å². The molecule has 1 N–H and O–H groups in total. The minimum absolute atomic E-state index is 0.0945. The highest BCUT2D eigenvalue weighted by Gasteiger charge is 2.36. The summed E-state index contributed by atoms with van der Waals surface area (Å²) in [5.41, 5.74) is 1.82. The van der Waals surface area contributed by atoms with E-state index in [4.69, 9.17) is 9.47 Å². The fourth-order valence-electron chi connectivity index (χ4n) is 5.03. The Kier molecular flexibility index (Phi) is 6.11. The van der Waals surface area contributed by atoms with Crippen LogP contribution in [-0.2, 0) is 11.3 Å². The van der Waals surface area contributed by atoms with Gasteiger partial charge in [0.2, 0.25) is 11.8 Å². The number of aromatic nitrogens is 5. The number of piperidine rings is 1. The summed E-state index contributed by atoms with van der Waals surface area (Å²) in [7, 11) is 1.40. The molecule has 2 fully saturated rings. The zero-order valence-corrected chi connectivity index (χ0v) is 20.0. The molecule has 0 amide bonds. The van der Waals surface area contributed by atoms with Crippen molar-refractivity contribution in [2.45, 2.75) is 37.6 Å². The lowest BCUT2D eigenvalue weighted by Crippen LogP contribution is -2.57. The summed E-state index contributed by atoms with van der Waals surface area (Å²) < 4.78 is 69.5. The van der Waals surface area contributed by atoms with Crippen molar-refractivity contribution < 1.29 is 27.0 Å². The highest BCUT2D eigenvalue weighted by Crippen LogP contribution is 2.35. The molecule has 0 radical (unpaired) electrons. The molecule has 0 saturated carbocycles. The molecule has 13 heteroatoms. The van der Waals surface area contributed by atoms with Crippen molar-refractivity contribution in [2.24, 2.45) is 0 Å². The van der Waals surface area contributed by atoms with Crippen molar-refractivity contribution in [3.63, 3.8) is 0 Å². The number of hydrogen-bond donors (Lipinski definition) is 1. The molecule has 0 aliphatic carbocycles. The van der Waals surface area contributed by atoms with Crippen LogP contribution in [0, 0.1) is 5.82 Å². The molecule has 2 aliphatic rings. The SMILES string of the molecule is COc1nc(N[C@H]2CCN(C3COC3)C[C@@H]2F)nn2cc(F)c(-c3ccc4ncn(CC(F)F)c4c3)c12. The zero-order chi connectivity index (χ0) is 25.7. The van der Waals surface area contributed by atoms with Crippen LogP contribution in [0.25, 0.3) is 27.7 Å². The standard InChI is InChI=1S/C24H25F4N7O2/c1-36-23-22-21(13-2-3-18-19(6-13)34(12-29-18)9-20(27)28)16(26)8-35(22)32-24(31-23)30-17-4-5-33(7-15(17)25)14-10-37-11-14/h2-3,6,8,12,14-15,17,20H,4-5,7,9-11H2,1H3,(H,30,32)/t15-,17-/m0/s1. The van der Waals surface area contributed by atoms with E-state index in [1.807, 2.05) is 0 Å². The second kappa shape index (κ2) is 9.45. The highest BCUT2D eigenvalue weighted by atomic mass is 19.3. The number of methoxy groups -OCH3 is 1. The summed E-state index contributed by atoms with van der Waals surface area (Å²) in [6, 6.07) is 4.66. The van der Waals surface area contributed by atoms with Gasteiger partial charge in [0, 0.05) is 13.1 Å². The Bertz CT molecular complexity index is 1440. The van der Waals surface area contributed by atoms with Crippen LogP contribution in [0.1, 0.15) is 6.42 Å². The monoisotopic (exact) mass is 519 g/mol. The molecule has 6 rings (SSSR count). The van der Waals surface area contributed by atoms with E-state index in [1.54, 1.807) is 18.2 Å². The number of hydrogen-bond acceptors (Lipinski definition) is 7. The van der Waals surface area contributed by atoms with Gasteiger partial charge in [0.05, 0.1) is 68.1 Å². The summed E-state index contributed by atoms with van der Waals surface area (Å²) >= 11 is 0. The Morgan fingerprint density at radius 1 is 1.27 bits per heavy atom. The molecule has 37 heavy (non-hydrogen) atoms. The van der Waals surface area contributed by atoms with E-state index in [0.29, 0.717) is 36.2 Å². The number of benzene rings is 1. The largest absolute Gasteiger partial charge is 0.479 e. The van der Waals surface area contributed by atoms with Gasteiger partial charge in [-0.2, -0.15) is 4.98 Å². The molecule has 196 valence electrons. The number of likely N-dealkylation sites (tertiary alicyclic amines) is 1. The van der Waals surface area contributed by atoms with Crippen molar-refractivity contribution in [1.29, 1.82) is 0 Å². The van der Waals surface area contributed by atoms with Crippen molar-refractivity contribution in [2.75, 3.05) is 38.7 Å². The zero-order valence-electron chi connectivity index (χ0n) is 20.0. The van der Waals surface area contributed by atoms with Gasteiger partial charge in [-0.05, 0) is 24.1 Å². The second-order valence-corrected chi connectivity index (χ2v) is 9.32. The third kappa shape index (κ3) is 4.35. The lowest BCUT2D eigenvalue weighted by atomic mass is 10.0. The normalized spacial score (nSPS) is 21.1. The van der Waals surface area contributed by atoms with E-state index in [9.17, 15) is 13.2 Å². The van der Waals surface area contributed by atoms with Crippen LogP contribution in [0.15, 0.2) is 30.7 Å². The molecule has 0 spiro atoms. The maximum Gasteiger partial charge on any atom is 0.256 e. The van der Waals surface area contributed by atoms with E-state index in [-0.39, 0.29) is 35.5 Å². The first-order valence-corrected chi connectivity index (χ1v) is 12.0. The predicted molar refractivity (Wildman–Crippen MR) is 127 cm³/mol. The molecule has 2 saturated heterocycles. The van der Waals surface area contributed by atoms with Crippen molar-refractivity contribution in [3.8, 4) is 17.0 Å². The summed E-state index contributed by atoms with van der Waals surface area (Å²) in [6.07, 6.45) is -0.623. The van der Waals surface area contributed by atoms with E-state index >= 15 is 4.39 Å². The average molecular weight is 520 g/mol.